The van der Waals surface area contributed by atoms with Gasteiger partial charge in [-0.1, -0.05) is 0 Å². The van der Waals surface area contributed by atoms with Crippen LogP contribution in [0.2, 0.25) is 0 Å². The molecule has 1 unspecified atom stereocenters. The van der Waals surface area contributed by atoms with Crippen molar-refractivity contribution < 1.29 is 26.7 Å². The first-order chi connectivity index (χ1) is 16.5. The van der Waals surface area contributed by atoms with E-state index in [4.69, 9.17) is 5.26 Å². The molecular formula is C24H18F5N5O. The molecule has 1 fully saturated rings. The van der Waals surface area contributed by atoms with Crippen LogP contribution in [0, 0.1) is 17.2 Å². The van der Waals surface area contributed by atoms with Gasteiger partial charge in [-0.25, -0.2) is 8.78 Å². The van der Waals surface area contributed by atoms with Gasteiger partial charge in [0.15, 0.2) is 0 Å². The van der Waals surface area contributed by atoms with E-state index in [2.05, 4.69) is 20.3 Å². The number of hydrogen-bond donors (Lipinski definition) is 1. The molecule has 2 heterocycles. The number of nitriles is 1. The lowest BCUT2D eigenvalue weighted by atomic mass is 9.97. The highest BCUT2D eigenvalue weighted by molar-refractivity contribution is 5.95. The van der Waals surface area contributed by atoms with Crippen molar-refractivity contribution >= 4 is 5.91 Å². The molecule has 0 spiro atoms. The van der Waals surface area contributed by atoms with Crippen molar-refractivity contribution in [1.29, 1.82) is 5.26 Å². The maximum atomic E-state index is 14.6. The van der Waals surface area contributed by atoms with Crippen LogP contribution in [0.15, 0.2) is 48.9 Å². The summed E-state index contributed by atoms with van der Waals surface area (Å²) in [5.41, 5.74) is -1.47. The van der Waals surface area contributed by atoms with Crippen LogP contribution in [-0.2, 0) is 12.1 Å². The van der Waals surface area contributed by atoms with E-state index < -0.39 is 46.7 Å². The lowest BCUT2D eigenvalue weighted by Crippen LogP contribution is -2.29. The summed E-state index contributed by atoms with van der Waals surface area (Å²) in [6.45, 7) is 1.53. The highest BCUT2D eigenvalue weighted by atomic mass is 19.4. The van der Waals surface area contributed by atoms with Crippen LogP contribution in [0.5, 0.6) is 0 Å². The normalized spacial score (nSPS) is 14.8. The molecule has 0 bridgehead atoms. The summed E-state index contributed by atoms with van der Waals surface area (Å²) >= 11 is 0. The van der Waals surface area contributed by atoms with Crippen molar-refractivity contribution in [3.63, 3.8) is 0 Å². The summed E-state index contributed by atoms with van der Waals surface area (Å²) in [4.78, 5) is 25.5. The second kappa shape index (κ2) is 9.02. The first kappa shape index (κ1) is 24.2. The van der Waals surface area contributed by atoms with Gasteiger partial charge in [0.05, 0.1) is 28.6 Å². The fraction of sp³-hybridized carbons (Fsp3) is 0.292. The van der Waals surface area contributed by atoms with Gasteiger partial charge < -0.3 is 5.32 Å². The molecule has 0 aliphatic heterocycles. The van der Waals surface area contributed by atoms with Gasteiger partial charge in [0.1, 0.15) is 11.8 Å². The van der Waals surface area contributed by atoms with Crippen molar-refractivity contribution in [3.05, 3.63) is 76.9 Å². The maximum absolute atomic E-state index is 14.6. The third-order valence-corrected chi connectivity index (χ3v) is 5.62. The van der Waals surface area contributed by atoms with Gasteiger partial charge in [0.2, 0.25) is 0 Å². The Morgan fingerprint density at radius 3 is 2.34 bits per heavy atom. The number of nitrogens with zero attached hydrogens (tertiary/aromatic N) is 4. The molecule has 1 atom stereocenters. The van der Waals surface area contributed by atoms with E-state index in [1.807, 2.05) is 6.07 Å². The Bertz CT molecular complexity index is 1300. The molecule has 4 rings (SSSR count). The molecule has 0 saturated heterocycles. The minimum atomic E-state index is -4.91. The fourth-order valence-electron chi connectivity index (χ4n) is 3.61. The molecule has 1 aliphatic rings. The number of carbonyl (C=O) groups excluding carboxylic acids is 1. The lowest BCUT2D eigenvalue weighted by molar-refractivity contribution is -0.137. The zero-order valence-corrected chi connectivity index (χ0v) is 18.3. The molecule has 6 nitrogen and oxygen atoms in total. The van der Waals surface area contributed by atoms with Crippen LogP contribution < -0.4 is 5.32 Å². The van der Waals surface area contributed by atoms with Crippen molar-refractivity contribution in [2.45, 2.75) is 37.9 Å². The van der Waals surface area contributed by atoms with Gasteiger partial charge in [-0.2, -0.15) is 18.4 Å². The molecule has 180 valence electrons. The van der Waals surface area contributed by atoms with E-state index in [-0.39, 0.29) is 24.2 Å². The summed E-state index contributed by atoms with van der Waals surface area (Å²) in [6.07, 6.45) is -0.395. The molecule has 1 N–H and O–H groups in total. The number of rotatable bonds is 6. The number of amides is 1. The number of hydrogen-bond acceptors (Lipinski definition) is 5. The predicted molar refractivity (Wildman–Crippen MR) is 114 cm³/mol. The molecule has 0 radical (unpaired) electrons. The van der Waals surface area contributed by atoms with E-state index in [0.29, 0.717) is 23.4 Å². The smallest absolute Gasteiger partial charge is 0.344 e. The Balaban J connectivity index is 1.65. The summed E-state index contributed by atoms with van der Waals surface area (Å²) in [5, 5.41) is 11.5. The summed E-state index contributed by atoms with van der Waals surface area (Å²) in [5.74, 6) is -5.48. The zero-order chi connectivity index (χ0) is 25.4. The van der Waals surface area contributed by atoms with E-state index in [0.717, 1.165) is 6.07 Å². The summed E-state index contributed by atoms with van der Waals surface area (Å²) in [7, 11) is 0. The van der Waals surface area contributed by atoms with E-state index in [9.17, 15) is 26.7 Å². The third-order valence-electron chi connectivity index (χ3n) is 5.62. The average Bonchev–Trinajstić information content (AvgIpc) is 3.69. The van der Waals surface area contributed by atoms with Gasteiger partial charge in [-0.05, 0) is 50.1 Å². The standard InChI is InChI=1S/C24H18F5N5O/c1-13(20-21(32-7-6-31-20)19-5-2-14(11-30)12-33-19)34-22(35)15-8-17(23(25,26)16-3-4-16)10-18(9-15)24(27,28)29/h2,5-10,12-13,16H,3-4H2,1H3,(H,34,35). The molecule has 35 heavy (non-hydrogen) atoms. The molecule has 11 heteroatoms. The Hall–Kier alpha value is -3.94. The van der Waals surface area contributed by atoms with Crippen LogP contribution in [-0.4, -0.2) is 20.9 Å². The van der Waals surface area contributed by atoms with Crippen LogP contribution in [0.25, 0.3) is 11.4 Å². The van der Waals surface area contributed by atoms with Gasteiger partial charge in [-0.3, -0.25) is 19.7 Å². The van der Waals surface area contributed by atoms with Crippen molar-refractivity contribution in [2.24, 2.45) is 5.92 Å². The van der Waals surface area contributed by atoms with Gasteiger partial charge in [-0.15, -0.1) is 0 Å². The number of halogens is 5. The minimum absolute atomic E-state index is 0.209. The molecule has 1 amide bonds. The molecule has 1 aliphatic carbocycles. The number of nitrogens with one attached hydrogen (secondary N) is 1. The van der Waals surface area contributed by atoms with Gasteiger partial charge in [0, 0.05) is 35.6 Å². The van der Waals surface area contributed by atoms with Crippen molar-refractivity contribution in [3.8, 4) is 17.5 Å². The molecular weight excluding hydrogens is 469 g/mol. The van der Waals surface area contributed by atoms with Gasteiger partial charge >= 0.3 is 6.18 Å². The Morgan fingerprint density at radius 2 is 1.74 bits per heavy atom. The largest absolute Gasteiger partial charge is 0.416 e. The lowest BCUT2D eigenvalue weighted by Gasteiger charge is -2.20. The van der Waals surface area contributed by atoms with E-state index in [1.54, 1.807) is 6.07 Å². The summed E-state index contributed by atoms with van der Waals surface area (Å²) in [6, 6.07) is 5.90. The topological polar surface area (TPSA) is 91.6 Å². The molecule has 1 aromatic carbocycles. The Labute approximate surface area is 196 Å². The predicted octanol–water partition coefficient (Wildman–Crippen LogP) is 5.42. The number of alkyl halides is 5. The van der Waals surface area contributed by atoms with Crippen molar-refractivity contribution in [1.82, 2.24) is 20.3 Å². The number of aromatic nitrogens is 3. The monoisotopic (exact) mass is 487 g/mol. The Morgan fingerprint density at radius 1 is 1.06 bits per heavy atom. The highest BCUT2D eigenvalue weighted by Gasteiger charge is 2.49. The number of pyridine rings is 1. The quantitative estimate of drug-likeness (QED) is 0.469. The number of benzene rings is 1. The molecule has 2 aromatic heterocycles. The summed E-state index contributed by atoms with van der Waals surface area (Å²) < 4.78 is 69.5. The van der Waals surface area contributed by atoms with Crippen LogP contribution in [0.4, 0.5) is 22.0 Å². The van der Waals surface area contributed by atoms with E-state index >= 15 is 0 Å². The van der Waals surface area contributed by atoms with E-state index in [1.165, 1.54) is 31.6 Å². The molecule has 1 saturated carbocycles. The third kappa shape index (κ3) is 5.11. The highest BCUT2D eigenvalue weighted by Crippen LogP contribution is 2.50. The van der Waals surface area contributed by atoms with Crippen LogP contribution >= 0.6 is 0 Å². The fourth-order valence-corrected chi connectivity index (χ4v) is 3.61. The first-order valence-corrected chi connectivity index (χ1v) is 10.6. The molecule has 3 aromatic rings. The average molecular weight is 487 g/mol. The second-order valence-corrected chi connectivity index (χ2v) is 8.22. The van der Waals surface area contributed by atoms with Crippen molar-refractivity contribution in [2.75, 3.05) is 0 Å². The minimum Gasteiger partial charge on any atom is -0.344 e. The van der Waals surface area contributed by atoms with Gasteiger partial charge in [0.25, 0.3) is 11.8 Å². The second-order valence-electron chi connectivity index (χ2n) is 8.22. The number of carbonyl (C=O) groups is 1. The maximum Gasteiger partial charge on any atom is 0.416 e. The van der Waals surface area contributed by atoms with Crippen LogP contribution in [0.1, 0.15) is 58.5 Å². The Kier molecular flexibility index (Phi) is 6.23. The van der Waals surface area contributed by atoms with Crippen LogP contribution in [0.3, 0.4) is 0 Å². The SMILES string of the molecule is CC(NC(=O)c1cc(C(F)(F)F)cc(C(F)(F)C2CC2)c1)c1nccnc1-c1ccc(C#N)cn1. The first-order valence-electron chi connectivity index (χ1n) is 10.6. The zero-order valence-electron chi connectivity index (χ0n) is 18.3.